The van der Waals surface area contributed by atoms with E-state index in [1.165, 1.54) is 4.90 Å². The fourth-order valence-electron chi connectivity index (χ4n) is 6.14. The smallest absolute Gasteiger partial charge is 0.327 e. The van der Waals surface area contributed by atoms with Crippen LogP contribution < -0.4 is 4.74 Å². The lowest BCUT2D eigenvalue weighted by molar-refractivity contribution is -0.131. The minimum Gasteiger partial charge on any atom is -0.490 e. The van der Waals surface area contributed by atoms with Crippen LogP contribution in [-0.4, -0.2) is 90.0 Å². The van der Waals surface area contributed by atoms with Gasteiger partial charge in [0.15, 0.2) is 0 Å². The van der Waals surface area contributed by atoms with Crippen molar-refractivity contribution in [1.82, 2.24) is 19.6 Å². The number of piperidine rings is 2. The first-order chi connectivity index (χ1) is 18.8. The fraction of sp³-hybridized carbons (Fsp3) is 0.533. The average molecular weight is 574 g/mol. The monoisotopic (exact) mass is 572 g/mol. The molecule has 3 aliphatic heterocycles. The van der Waals surface area contributed by atoms with Crippen LogP contribution in [0.3, 0.4) is 0 Å². The molecule has 0 aromatic heterocycles. The molecule has 0 spiro atoms. The van der Waals surface area contributed by atoms with Crippen molar-refractivity contribution in [3.8, 4) is 5.75 Å². The molecular formula is C30H38Cl2N4O3. The van der Waals surface area contributed by atoms with Gasteiger partial charge in [-0.05, 0) is 69.3 Å². The number of ether oxygens (including phenoxy) is 1. The largest absolute Gasteiger partial charge is 0.490 e. The Kier molecular flexibility index (Phi) is 9.02. The highest BCUT2D eigenvalue weighted by molar-refractivity contribution is 6.42. The van der Waals surface area contributed by atoms with Gasteiger partial charge in [-0.15, -0.1) is 0 Å². The van der Waals surface area contributed by atoms with Gasteiger partial charge in [0, 0.05) is 32.7 Å². The van der Waals surface area contributed by atoms with Crippen LogP contribution in [0, 0.1) is 5.92 Å². The Balaban J connectivity index is 1.07. The van der Waals surface area contributed by atoms with E-state index < -0.39 is 0 Å². The second-order valence-electron chi connectivity index (χ2n) is 11.2. The third-order valence-corrected chi connectivity index (χ3v) is 9.31. The number of urea groups is 1. The zero-order valence-corrected chi connectivity index (χ0v) is 24.3. The maximum atomic E-state index is 13.4. The van der Waals surface area contributed by atoms with E-state index in [9.17, 15) is 9.59 Å². The highest BCUT2D eigenvalue weighted by atomic mass is 35.5. The lowest BCUT2D eigenvalue weighted by atomic mass is 9.95. The number of halogens is 2. The van der Waals surface area contributed by atoms with Gasteiger partial charge in [-0.2, -0.15) is 0 Å². The topological polar surface area (TPSA) is 56.3 Å². The molecule has 5 rings (SSSR count). The summed E-state index contributed by atoms with van der Waals surface area (Å²) < 4.78 is 6.14. The molecule has 3 fully saturated rings. The van der Waals surface area contributed by atoms with Crippen LogP contribution >= 0.6 is 23.2 Å². The van der Waals surface area contributed by atoms with E-state index in [0.29, 0.717) is 22.5 Å². The zero-order valence-electron chi connectivity index (χ0n) is 22.8. The first-order valence-electron chi connectivity index (χ1n) is 14.0. The molecule has 2 aromatic rings. The highest BCUT2D eigenvalue weighted by Gasteiger charge is 2.45. The molecule has 210 valence electrons. The summed E-state index contributed by atoms with van der Waals surface area (Å²) in [6, 6.07) is 14.8. The minimum atomic E-state index is -0.252. The van der Waals surface area contributed by atoms with E-state index in [1.54, 1.807) is 24.1 Å². The van der Waals surface area contributed by atoms with E-state index in [-0.39, 0.29) is 30.1 Å². The number of likely N-dealkylation sites (tertiary alicyclic amines) is 2. The van der Waals surface area contributed by atoms with Crippen molar-refractivity contribution >= 4 is 35.1 Å². The van der Waals surface area contributed by atoms with E-state index in [0.717, 1.165) is 69.7 Å². The number of hydrogen-bond donors (Lipinski definition) is 0. The summed E-state index contributed by atoms with van der Waals surface area (Å²) in [6.45, 7) is 7.21. The number of likely N-dealkylation sites (N-methyl/N-ethyl adjacent to an activating group) is 1. The van der Waals surface area contributed by atoms with Crippen LogP contribution in [-0.2, 0) is 4.79 Å². The van der Waals surface area contributed by atoms with Crippen molar-refractivity contribution in [2.75, 3.05) is 46.3 Å². The normalized spacial score (nSPS) is 23.9. The van der Waals surface area contributed by atoms with Gasteiger partial charge in [-0.3, -0.25) is 14.6 Å². The number of hydrogen-bond acceptors (Lipinski definition) is 5. The Bertz CT molecular complexity index is 1150. The highest BCUT2D eigenvalue weighted by Crippen LogP contribution is 2.35. The van der Waals surface area contributed by atoms with Gasteiger partial charge in [0.2, 0.25) is 5.91 Å². The summed E-state index contributed by atoms with van der Waals surface area (Å²) in [5.74, 6) is 1.30. The number of nitrogens with zero attached hydrogens (tertiary/aromatic N) is 4. The number of benzene rings is 2. The zero-order chi connectivity index (χ0) is 27.5. The van der Waals surface area contributed by atoms with Crippen LogP contribution in [0.5, 0.6) is 5.75 Å². The summed E-state index contributed by atoms with van der Waals surface area (Å²) in [5, 5.41) is 1.06. The lowest BCUT2D eigenvalue weighted by Crippen LogP contribution is -2.47. The molecule has 3 amide bonds. The molecule has 3 saturated heterocycles. The lowest BCUT2D eigenvalue weighted by Gasteiger charge is -2.38. The van der Waals surface area contributed by atoms with Crippen molar-refractivity contribution in [1.29, 1.82) is 0 Å². The van der Waals surface area contributed by atoms with Crippen LogP contribution in [0.4, 0.5) is 4.79 Å². The van der Waals surface area contributed by atoms with Crippen LogP contribution in [0.2, 0.25) is 10.0 Å². The second-order valence-corrected chi connectivity index (χ2v) is 12.0. The molecule has 3 aliphatic rings. The summed E-state index contributed by atoms with van der Waals surface area (Å²) >= 11 is 12.1. The summed E-state index contributed by atoms with van der Waals surface area (Å²) in [5.41, 5.74) is 1.00. The van der Waals surface area contributed by atoms with Crippen molar-refractivity contribution in [3.63, 3.8) is 0 Å². The van der Waals surface area contributed by atoms with Crippen molar-refractivity contribution in [2.24, 2.45) is 5.92 Å². The van der Waals surface area contributed by atoms with Gasteiger partial charge >= 0.3 is 6.03 Å². The molecule has 2 aromatic carbocycles. The predicted octanol–water partition coefficient (Wildman–Crippen LogP) is 5.57. The Morgan fingerprint density at radius 1 is 0.923 bits per heavy atom. The fourth-order valence-corrected chi connectivity index (χ4v) is 6.43. The standard InChI is InChI=1S/C30H38Cl2N4O3/c1-21-29(23-6-4-3-5-7-23)36(30(38)33(21)2)28(37)20-35-14-10-22(11-15-35)19-34-16-12-24(13-17-34)39-25-8-9-26(31)27(32)18-25/h3-9,18,21-22,24,29H,10-17,19-20H2,1-2H3. The number of amides is 3. The molecule has 0 N–H and O–H groups in total. The summed E-state index contributed by atoms with van der Waals surface area (Å²) in [6.07, 6.45) is 4.32. The van der Waals surface area contributed by atoms with Gasteiger partial charge < -0.3 is 14.5 Å². The van der Waals surface area contributed by atoms with E-state index in [1.807, 2.05) is 43.3 Å². The minimum absolute atomic E-state index is 0.0619. The maximum absolute atomic E-state index is 13.4. The summed E-state index contributed by atoms with van der Waals surface area (Å²) in [7, 11) is 1.78. The quantitative estimate of drug-likeness (QED) is 0.434. The van der Waals surface area contributed by atoms with Gasteiger partial charge in [-0.25, -0.2) is 4.79 Å². The SMILES string of the molecule is CC1C(c2ccccc2)N(C(=O)CN2CCC(CN3CCC(Oc4ccc(Cl)c(Cl)c4)CC3)CC2)C(=O)N1C. The molecule has 0 saturated carbocycles. The number of carbonyl (C=O) groups excluding carboxylic acids is 2. The molecule has 9 heteroatoms. The molecule has 2 unspecified atom stereocenters. The molecule has 7 nitrogen and oxygen atoms in total. The van der Waals surface area contributed by atoms with Gasteiger partial charge in [0.1, 0.15) is 11.9 Å². The molecule has 0 aliphatic carbocycles. The number of imide groups is 1. The Morgan fingerprint density at radius 2 is 1.59 bits per heavy atom. The van der Waals surface area contributed by atoms with Gasteiger partial charge in [0.05, 0.1) is 28.7 Å². The maximum Gasteiger partial charge on any atom is 0.327 e. The molecule has 2 atom stereocenters. The summed E-state index contributed by atoms with van der Waals surface area (Å²) in [4.78, 5) is 34.3. The first kappa shape index (κ1) is 28.2. The van der Waals surface area contributed by atoms with Gasteiger partial charge in [-0.1, -0.05) is 53.5 Å². The van der Waals surface area contributed by atoms with Crippen LogP contribution in [0.25, 0.3) is 0 Å². The van der Waals surface area contributed by atoms with E-state index in [2.05, 4.69) is 9.80 Å². The van der Waals surface area contributed by atoms with Crippen LogP contribution in [0.1, 0.15) is 44.2 Å². The molecular weight excluding hydrogens is 535 g/mol. The Morgan fingerprint density at radius 3 is 2.26 bits per heavy atom. The van der Waals surface area contributed by atoms with Crippen molar-refractivity contribution < 1.29 is 14.3 Å². The Hall–Kier alpha value is -2.32. The molecule has 0 bridgehead atoms. The number of carbonyl (C=O) groups is 2. The van der Waals surface area contributed by atoms with Crippen molar-refractivity contribution in [3.05, 3.63) is 64.1 Å². The average Bonchev–Trinajstić information content (AvgIpc) is 3.17. The van der Waals surface area contributed by atoms with E-state index in [4.69, 9.17) is 27.9 Å². The number of rotatable bonds is 7. The van der Waals surface area contributed by atoms with Gasteiger partial charge in [0.25, 0.3) is 0 Å². The molecule has 3 heterocycles. The molecule has 0 radical (unpaired) electrons. The first-order valence-corrected chi connectivity index (χ1v) is 14.8. The molecule has 39 heavy (non-hydrogen) atoms. The predicted molar refractivity (Wildman–Crippen MR) is 154 cm³/mol. The van der Waals surface area contributed by atoms with Crippen LogP contribution in [0.15, 0.2) is 48.5 Å². The second kappa shape index (κ2) is 12.5. The van der Waals surface area contributed by atoms with Crippen molar-refractivity contribution in [2.45, 2.75) is 50.8 Å². The third kappa shape index (κ3) is 6.54. The third-order valence-electron chi connectivity index (χ3n) is 8.57. The van der Waals surface area contributed by atoms with E-state index >= 15 is 0 Å². The Labute approximate surface area is 241 Å².